The summed E-state index contributed by atoms with van der Waals surface area (Å²) in [6, 6.07) is 1.98. The Kier molecular flexibility index (Phi) is 2.98. The van der Waals surface area contributed by atoms with Gasteiger partial charge in [-0.05, 0) is 36.3 Å². The highest BCUT2D eigenvalue weighted by Crippen LogP contribution is 2.37. The lowest BCUT2D eigenvalue weighted by molar-refractivity contribution is 0.303. The van der Waals surface area contributed by atoms with Gasteiger partial charge in [0.05, 0.1) is 10.9 Å². The summed E-state index contributed by atoms with van der Waals surface area (Å²) in [7, 11) is 0. The number of fused-ring (bicyclic) bond motifs is 1. The van der Waals surface area contributed by atoms with E-state index < -0.39 is 0 Å². The third-order valence-corrected chi connectivity index (χ3v) is 4.84. The summed E-state index contributed by atoms with van der Waals surface area (Å²) < 4.78 is 5.37. The fourth-order valence-corrected chi connectivity index (χ4v) is 3.46. The van der Waals surface area contributed by atoms with Crippen LogP contribution < -0.4 is 5.73 Å². The number of aromatic nitrogens is 2. The first kappa shape index (κ1) is 12.8. The van der Waals surface area contributed by atoms with Crippen molar-refractivity contribution in [3.8, 4) is 10.8 Å². The van der Waals surface area contributed by atoms with Gasteiger partial charge in [0, 0.05) is 4.88 Å². The van der Waals surface area contributed by atoms with Gasteiger partial charge in [0.1, 0.15) is 0 Å². The molecule has 19 heavy (non-hydrogen) atoms. The van der Waals surface area contributed by atoms with E-state index in [2.05, 4.69) is 37.0 Å². The van der Waals surface area contributed by atoms with Gasteiger partial charge in [-0.2, -0.15) is 4.98 Å². The van der Waals surface area contributed by atoms with Crippen molar-refractivity contribution in [1.82, 2.24) is 10.1 Å². The molecule has 0 aliphatic heterocycles. The van der Waals surface area contributed by atoms with Crippen LogP contribution in [0.2, 0.25) is 0 Å². The monoisotopic (exact) mass is 277 g/mol. The molecule has 1 aliphatic carbocycles. The molecule has 0 radical (unpaired) electrons. The lowest BCUT2D eigenvalue weighted by atomic mass is 9.87. The summed E-state index contributed by atoms with van der Waals surface area (Å²) >= 11 is 1.77. The summed E-state index contributed by atoms with van der Waals surface area (Å²) in [4.78, 5) is 7.01. The Morgan fingerprint density at radius 1 is 1.37 bits per heavy atom. The zero-order valence-corrected chi connectivity index (χ0v) is 12.4. The maximum Gasteiger partial charge on any atom is 0.268 e. The van der Waals surface area contributed by atoms with Crippen molar-refractivity contribution in [3.05, 3.63) is 22.3 Å². The first-order valence-electron chi connectivity index (χ1n) is 6.66. The predicted molar refractivity (Wildman–Crippen MR) is 76.0 cm³/mol. The first-order valence-corrected chi connectivity index (χ1v) is 7.48. The number of nitrogens with zero attached hydrogens (tertiary/aromatic N) is 2. The van der Waals surface area contributed by atoms with Crippen LogP contribution in [0.3, 0.4) is 0 Å². The summed E-state index contributed by atoms with van der Waals surface area (Å²) in [6.45, 7) is 6.23. The smallest absolute Gasteiger partial charge is 0.268 e. The van der Waals surface area contributed by atoms with Crippen LogP contribution in [0.15, 0.2) is 10.6 Å². The molecule has 0 saturated heterocycles. The maximum atomic E-state index is 6.15. The summed E-state index contributed by atoms with van der Waals surface area (Å²) in [6.07, 6.45) is 3.63. The van der Waals surface area contributed by atoms with E-state index in [1.54, 1.807) is 11.3 Å². The maximum absolute atomic E-state index is 6.15. The van der Waals surface area contributed by atoms with Gasteiger partial charge in [0.15, 0.2) is 5.82 Å². The minimum absolute atomic E-state index is 0.0711. The van der Waals surface area contributed by atoms with Crippen molar-refractivity contribution in [3.63, 3.8) is 0 Å². The van der Waals surface area contributed by atoms with Crippen molar-refractivity contribution >= 4 is 11.3 Å². The molecule has 0 spiro atoms. The van der Waals surface area contributed by atoms with Gasteiger partial charge >= 0.3 is 0 Å². The van der Waals surface area contributed by atoms with E-state index >= 15 is 0 Å². The second kappa shape index (κ2) is 4.42. The molecule has 3 rings (SSSR count). The topological polar surface area (TPSA) is 64.9 Å². The van der Waals surface area contributed by atoms with Crippen LogP contribution in [0.4, 0.5) is 0 Å². The van der Waals surface area contributed by atoms with Gasteiger partial charge in [-0.25, -0.2) is 0 Å². The zero-order chi connectivity index (χ0) is 13.6. The molecule has 2 aromatic heterocycles. The largest absolute Gasteiger partial charge is 0.333 e. The second-order valence-corrected chi connectivity index (χ2v) is 7.35. The number of rotatable bonds is 2. The Morgan fingerprint density at radius 2 is 2.16 bits per heavy atom. The van der Waals surface area contributed by atoms with Gasteiger partial charge in [-0.1, -0.05) is 25.9 Å². The molecule has 102 valence electrons. The minimum atomic E-state index is -0.211. The predicted octanol–water partition coefficient (Wildman–Crippen LogP) is 3.33. The number of nitrogens with two attached hydrogens (primary N) is 1. The van der Waals surface area contributed by atoms with E-state index in [0.717, 1.165) is 4.88 Å². The summed E-state index contributed by atoms with van der Waals surface area (Å²) in [5, 5.41) is 4.04. The average Bonchev–Trinajstić information content (AvgIpc) is 3.00. The van der Waals surface area contributed by atoms with Gasteiger partial charge in [-0.3, -0.25) is 0 Å². The highest BCUT2D eigenvalue weighted by molar-refractivity contribution is 7.15. The number of thiophene rings is 1. The Bertz CT molecular complexity index is 573. The Morgan fingerprint density at radius 3 is 2.84 bits per heavy atom. The van der Waals surface area contributed by atoms with Crippen LogP contribution in [0.1, 0.15) is 49.5 Å². The van der Waals surface area contributed by atoms with E-state index in [-0.39, 0.29) is 11.5 Å². The Hall–Kier alpha value is -1.20. The fourth-order valence-electron chi connectivity index (χ4n) is 2.28. The van der Waals surface area contributed by atoms with Gasteiger partial charge in [-0.15, -0.1) is 11.3 Å². The standard InChI is InChI=1S/C14H19N3OS/c1-14(2,3)11(15)12-16-13(18-17-12)10-7-8-5-4-6-9(8)19-10/h7,11H,4-6,15H2,1-3H3. The van der Waals surface area contributed by atoms with E-state index in [4.69, 9.17) is 10.3 Å². The van der Waals surface area contributed by atoms with E-state index in [0.29, 0.717) is 11.7 Å². The van der Waals surface area contributed by atoms with Gasteiger partial charge in [0.25, 0.3) is 5.89 Å². The van der Waals surface area contributed by atoms with E-state index in [1.807, 2.05) is 0 Å². The molecule has 2 N–H and O–H groups in total. The number of hydrogen-bond donors (Lipinski definition) is 1. The van der Waals surface area contributed by atoms with Crippen molar-refractivity contribution in [1.29, 1.82) is 0 Å². The van der Waals surface area contributed by atoms with Crippen LogP contribution >= 0.6 is 11.3 Å². The number of aryl methyl sites for hydroxylation is 2. The van der Waals surface area contributed by atoms with Crippen LogP contribution in [0, 0.1) is 5.41 Å². The van der Waals surface area contributed by atoms with Gasteiger partial charge in [0.2, 0.25) is 0 Å². The third kappa shape index (κ3) is 2.32. The van der Waals surface area contributed by atoms with E-state index in [9.17, 15) is 0 Å². The number of hydrogen-bond acceptors (Lipinski definition) is 5. The van der Waals surface area contributed by atoms with Crippen LogP contribution in [-0.4, -0.2) is 10.1 Å². The molecule has 0 saturated carbocycles. The minimum Gasteiger partial charge on any atom is -0.333 e. The highest BCUT2D eigenvalue weighted by atomic mass is 32.1. The molecule has 0 fully saturated rings. The molecule has 2 aromatic rings. The molecule has 1 unspecified atom stereocenters. The molecule has 1 atom stereocenters. The summed E-state index contributed by atoms with van der Waals surface area (Å²) in [5.41, 5.74) is 7.53. The van der Waals surface area contributed by atoms with Crippen LogP contribution in [0.5, 0.6) is 0 Å². The molecular formula is C14H19N3OS. The molecule has 0 aromatic carbocycles. The second-order valence-electron chi connectivity index (χ2n) is 6.21. The highest BCUT2D eigenvalue weighted by Gasteiger charge is 2.27. The SMILES string of the molecule is CC(C)(C)C(N)c1noc(-c2cc3c(s2)CCC3)n1. The normalized spacial score (nSPS) is 16.6. The van der Waals surface area contributed by atoms with Gasteiger partial charge < -0.3 is 10.3 Å². The van der Waals surface area contributed by atoms with Crippen molar-refractivity contribution in [2.24, 2.45) is 11.1 Å². The summed E-state index contributed by atoms with van der Waals surface area (Å²) in [5.74, 6) is 1.20. The van der Waals surface area contributed by atoms with Crippen molar-refractivity contribution in [2.45, 2.75) is 46.1 Å². The Labute approximate surface area is 117 Å². The molecule has 1 aliphatic rings. The molecule has 4 nitrogen and oxygen atoms in total. The Balaban J connectivity index is 1.88. The molecule has 5 heteroatoms. The quantitative estimate of drug-likeness (QED) is 0.914. The van der Waals surface area contributed by atoms with Crippen LogP contribution in [0.25, 0.3) is 10.8 Å². The molecule has 0 amide bonds. The first-order chi connectivity index (χ1) is 8.95. The fraction of sp³-hybridized carbons (Fsp3) is 0.571. The van der Waals surface area contributed by atoms with E-state index in [1.165, 1.54) is 29.7 Å². The lowest BCUT2D eigenvalue weighted by Gasteiger charge is -2.23. The van der Waals surface area contributed by atoms with Crippen molar-refractivity contribution < 1.29 is 4.52 Å². The third-order valence-electron chi connectivity index (χ3n) is 3.61. The lowest BCUT2D eigenvalue weighted by Crippen LogP contribution is -2.27. The molecule has 0 bridgehead atoms. The van der Waals surface area contributed by atoms with Crippen molar-refractivity contribution in [2.75, 3.05) is 0 Å². The average molecular weight is 277 g/mol. The molecule has 2 heterocycles. The zero-order valence-electron chi connectivity index (χ0n) is 11.6. The molecular weight excluding hydrogens is 258 g/mol. The van der Waals surface area contributed by atoms with Crippen LogP contribution in [-0.2, 0) is 12.8 Å².